The number of carbonyl (C=O) groups is 1. The molecule has 3 rings (SSSR count). The van der Waals surface area contributed by atoms with Crippen molar-refractivity contribution in [3.8, 4) is 5.75 Å². The van der Waals surface area contributed by atoms with Crippen molar-refractivity contribution in [2.24, 2.45) is 0 Å². The highest BCUT2D eigenvalue weighted by Gasteiger charge is 2.17. The van der Waals surface area contributed by atoms with E-state index in [9.17, 15) is 4.79 Å². The van der Waals surface area contributed by atoms with Gasteiger partial charge < -0.3 is 10.1 Å². The molecule has 0 unspecified atom stereocenters. The van der Waals surface area contributed by atoms with Gasteiger partial charge in [0.1, 0.15) is 24.9 Å². The maximum Gasteiger partial charge on any atom is 0.242 e. The van der Waals surface area contributed by atoms with E-state index in [0.717, 1.165) is 22.2 Å². The van der Waals surface area contributed by atoms with Gasteiger partial charge in [0.05, 0.1) is 6.61 Å². The second-order valence-corrected chi connectivity index (χ2v) is 5.44. The molecule has 6 nitrogen and oxygen atoms in total. The fourth-order valence-electron chi connectivity index (χ4n) is 2.19. The Bertz CT molecular complexity index is 628. The molecule has 0 saturated carbocycles. The number of nitrogens with one attached hydrogen (secondary N) is 1. The van der Waals surface area contributed by atoms with E-state index in [1.807, 2.05) is 6.07 Å². The van der Waals surface area contributed by atoms with Crippen LogP contribution < -0.4 is 10.1 Å². The minimum Gasteiger partial charge on any atom is -0.493 e. The number of amides is 1. The summed E-state index contributed by atoms with van der Waals surface area (Å²) in [6.07, 6.45) is 3.83. The third-order valence-electron chi connectivity index (χ3n) is 3.07. The summed E-state index contributed by atoms with van der Waals surface area (Å²) in [5.41, 5.74) is 2.17. The molecular weight excluding hydrogens is 324 g/mol. The largest absolute Gasteiger partial charge is 0.493 e. The molecule has 1 N–H and O–H groups in total. The van der Waals surface area contributed by atoms with Gasteiger partial charge in [-0.15, -0.1) is 0 Å². The summed E-state index contributed by atoms with van der Waals surface area (Å²) in [5, 5.41) is 6.76. The quantitative estimate of drug-likeness (QED) is 0.913. The van der Waals surface area contributed by atoms with Crippen LogP contribution in [0.4, 0.5) is 0 Å². The molecule has 20 heavy (non-hydrogen) atoms. The van der Waals surface area contributed by atoms with Crippen molar-refractivity contribution >= 4 is 21.8 Å². The first-order chi connectivity index (χ1) is 9.72. The second-order valence-electron chi connectivity index (χ2n) is 4.52. The van der Waals surface area contributed by atoms with Crippen LogP contribution in [0.2, 0.25) is 0 Å². The van der Waals surface area contributed by atoms with Gasteiger partial charge in [0.25, 0.3) is 0 Å². The maximum atomic E-state index is 11.8. The van der Waals surface area contributed by atoms with Crippen molar-refractivity contribution in [1.82, 2.24) is 20.1 Å². The van der Waals surface area contributed by atoms with Crippen LogP contribution >= 0.6 is 15.9 Å². The zero-order valence-electron chi connectivity index (χ0n) is 10.7. The Hall–Kier alpha value is -1.89. The molecule has 0 fully saturated rings. The summed E-state index contributed by atoms with van der Waals surface area (Å²) >= 11 is 3.48. The molecule has 2 aromatic rings. The second kappa shape index (κ2) is 5.62. The number of fused-ring (bicyclic) bond motifs is 1. The van der Waals surface area contributed by atoms with Crippen LogP contribution in [0.1, 0.15) is 11.1 Å². The molecule has 104 valence electrons. The van der Waals surface area contributed by atoms with Crippen LogP contribution in [0.15, 0.2) is 29.3 Å². The van der Waals surface area contributed by atoms with E-state index in [1.165, 1.54) is 22.9 Å². The summed E-state index contributed by atoms with van der Waals surface area (Å²) in [5.74, 6) is 0.788. The van der Waals surface area contributed by atoms with Gasteiger partial charge >= 0.3 is 0 Å². The Labute approximate surface area is 124 Å². The predicted octanol–water partition coefficient (Wildman–Crippen LogP) is 1.29. The minimum absolute atomic E-state index is 0.109. The van der Waals surface area contributed by atoms with E-state index in [2.05, 4.69) is 37.4 Å². The van der Waals surface area contributed by atoms with Crippen LogP contribution in [-0.2, 0) is 24.3 Å². The fraction of sp³-hybridized carbons (Fsp3) is 0.308. The Morgan fingerprint density at radius 1 is 1.50 bits per heavy atom. The maximum absolute atomic E-state index is 11.8. The van der Waals surface area contributed by atoms with Gasteiger partial charge in [-0.25, -0.2) is 9.67 Å². The molecule has 0 saturated heterocycles. The van der Waals surface area contributed by atoms with Crippen LogP contribution in [0.5, 0.6) is 5.75 Å². The average Bonchev–Trinajstić information content (AvgIpc) is 3.06. The summed E-state index contributed by atoms with van der Waals surface area (Å²) in [6.45, 7) is 1.30. The van der Waals surface area contributed by atoms with E-state index in [-0.39, 0.29) is 12.5 Å². The van der Waals surface area contributed by atoms with E-state index in [1.54, 1.807) is 0 Å². The van der Waals surface area contributed by atoms with Crippen molar-refractivity contribution in [3.05, 3.63) is 40.4 Å². The monoisotopic (exact) mass is 336 g/mol. The van der Waals surface area contributed by atoms with Gasteiger partial charge in [0.15, 0.2) is 0 Å². The van der Waals surface area contributed by atoms with Crippen molar-refractivity contribution in [1.29, 1.82) is 0 Å². The molecule has 0 radical (unpaired) electrons. The van der Waals surface area contributed by atoms with Crippen LogP contribution in [0, 0.1) is 0 Å². The highest BCUT2D eigenvalue weighted by molar-refractivity contribution is 9.10. The number of nitrogens with zero attached hydrogens (tertiary/aromatic N) is 3. The summed E-state index contributed by atoms with van der Waals surface area (Å²) in [7, 11) is 0. The Kier molecular flexibility index (Phi) is 3.68. The fourth-order valence-corrected chi connectivity index (χ4v) is 2.74. The Balaban J connectivity index is 1.65. The van der Waals surface area contributed by atoms with Crippen molar-refractivity contribution < 1.29 is 9.53 Å². The van der Waals surface area contributed by atoms with Gasteiger partial charge in [-0.2, -0.15) is 5.10 Å². The molecule has 7 heteroatoms. The highest BCUT2D eigenvalue weighted by atomic mass is 79.9. The minimum atomic E-state index is -0.109. The number of halogens is 1. The molecule has 1 aromatic heterocycles. The number of ether oxygens (including phenoxy) is 1. The lowest BCUT2D eigenvalue weighted by Gasteiger charge is -2.10. The molecule has 1 aliphatic heterocycles. The summed E-state index contributed by atoms with van der Waals surface area (Å²) in [4.78, 5) is 15.6. The molecule has 1 aliphatic rings. The Morgan fingerprint density at radius 3 is 3.20 bits per heavy atom. The predicted molar refractivity (Wildman–Crippen MR) is 75.2 cm³/mol. The molecule has 0 spiro atoms. The summed E-state index contributed by atoms with van der Waals surface area (Å²) in [6, 6.07) is 4.03. The normalized spacial score (nSPS) is 12.8. The molecule has 0 aliphatic carbocycles. The molecule has 1 aromatic carbocycles. The smallest absolute Gasteiger partial charge is 0.242 e. The van der Waals surface area contributed by atoms with E-state index in [4.69, 9.17) is 4.74 Å². The first-order valence-electron chi connectivity index (χ1n) is 6.25. The highest BCUT2D eigenvalue weighted by Crippen LogP contribution is 2.32. The van der Waals surface area contributed by atoms with Crippen molar-refractivity contribution in [2.45, 2.75) is 19.5 Å². The van der Waals surface area contributed by atoms with Gasteiger partial charge in [0, 0.05) is 23.0 Å². The van der Waals surface area contributed by atoms with Gasteiger partial charge in [-0.05, 0) is 17.7 Å². The number of rotatable bonds is 4. The average molecular weight is 337 g/mol. The number of aromatic nitrogens is 3. The number of hydrogen-bond acceptors (Lipinski definition) is 4. The van der Waals surface area contributed by atoms with E-state index < -0.39 is 0 Å². The lowest BCUT2D eigenvalue weighted by atomic mass is 10.1. The topological polar surface area (TPSA) is 69.0 Å². The lowest BCUT2D eigenvalue weighted by molar-refractivity contribution is -0.122. The van der Waals surface area contributed by atoms with Crippen LogP contribution in [0.3, 0.4) is 0 Å². The Morgan fingerprint density at radius 2 is 2.40 bits per heavy atom. The van der Waals surface area contributed by atoms with Gasteiger partial charge in [-0.1, -0.05) is 15.9 Å². The summed E-state index contributed by atoms with van der Waals surface area (Å²) < 4.78 is 8.11. The van der Waals surface area contributed by atoms with Crippen LogP contribution in [0.25, 0.3) is 0 Å². The molecule has 1 amide bonds. The van der Waals surface area contributed by atoms with E-state index in [0.29, 0.717) is 13.2 Å². The first-order valence-corrected chi connectivity index (χ1v) is 7.05. The van der Waals surface area contributed by atoms with E-state index >= 15 is 0 Å². The number of benzene rings is 1. The zero-order chi connectivity index (χ0) is 13.9. The SMILES string of the molecule is O=C(Cn1cncn1)NCc1cc(Br)cc2c1OCC2. The van der Waals surface area contributed by atoms with Crippen molar-refractivity contribution in [3.63, 3.8) is 0 Å². The third-order valence-corrected chi connectivity index (χ3v) is 3.53. The van der Waals surface area contributed by atoms with Gasteiger partial charge in [-0.3, -0.25) is 4.79 Å². The number of carbonyl (C=O) groups excluding carboxylic acids is 1. The van der Waals surface area contributed by atoms with Crippen LogP contribution in [-0.4, -0.2) is 27.3 Å². The molecular formula is C13H13BrN4O2. The zero-order valence-corrected chi connectivity index (χ0v) is 12.3. The first kappa shape index (κ1) is 13.1. The van der Waals surface area contributed by atoms with Crippen molar-refractivity contribution in [2.75, 3.05) is 6.61 Å². The third kappa shape index (κ3) is 2.82. The van der Waals surface area contributed by atoms with Gasteiger partial charge in [0.2, 0.25) is 5.91 Å². The molecule has 0 bridgehead atoms. The standard InChI is InChI=1S/C13H13BrN4O2/c14-11-3-9-1-2-20-13(9)10(4-11)5-16-12(19)6-18-8-15-7-17-18/h3-4,7-8H,1-2,5-6H2,(H,16,19). The molecule has 0 atom stereocenters. The lowest BCUT2D eigenvalue weighted by Crippen LogP contribution is -2.27. The molecule has 2 heterocycles. The number of hydrogen-bond donors (Lipinski definition) is 1.